The lowest BCUT2D eigenvalue weighted by molar-refractivity contribution is -0.139. The molecule has 0 aliphatic carbocycles. The molecular formula is C21H26N2O3Si. The molecule has 1 atom stereocenters. The molecule has 0 saturated carbocycles. The summed E-state index contributed by atoms with van der Waals surface area (Å²) in [6.07, 6.45) is 1.53. The number of carboxylic acids is 1. The number of aliphatic carboxylic acids is 1. The number of carbonyl (C=O) groups excluding carboxylic acids is 1. The van der Waals surface area contributed by atoms with Crippen molar-refractivity contribution < 1.29 is 14.7 Å². The van der Waals surface area contributed by atoms with Crippen molar-refractivity contribution in [1.82, 2.24) is 10.3 Å². The van der Waals surface area contributed by atoms with E-state index in [2.05, 4.69) is 55.6 Å². The highest BCUT2D eigenvalue weighted by molar-refractivity contribution is 6.87. The van der Waals surface area contributed by atoms with Crippen LogP contribution in [-0.2, 0) is 4.79 Å². The van der Waals surface area contributed by atoms with Crippen LogP contribution >= 0.6 is 0 Å². The SMILES string of the molecule is CC(C)(C)[Si](C)(C)C#CC[C@@H](NC(=O)c1cnc2ccccc2c1)C(=O)O. The molecule has 0 bridgehead atoms. The third kappa shape index (κ3) is 5.17. The van der Waals surface area contributed by atoms with E-state index >= 15 is 0 Å². The second-order valence-electron chi connectivity index (χ2n) is 8.16. The smallest absolute Gasteiger partial charge is 0.327 e. The van der Waals surface area contributed by atoms with Crippen molar-refractivity contribution in [2.45, 2.75) is 51.4 Å². The second-order valence-corrected chi connectivity index (χ2v) is 13.2. The summed E-state index contributed by atoms with van der Waals surface area (Å²) in [4.78, 5) is 28.3. The predicted octanol–water partition coefficient (Wildman–Crippen LogP) is 3.86. The second kappa shape index (κ2) is 7.93. The number of fused-ring (bicyclic) bond motifs is 1. The van der Waals surface area contributed by atoms with Gasteiger partial charge in [-0.2, -0.15) is 0 Å². The lowest BCUT2D eigenvalue weighted by atomic mass is 10.1. The number of nitrogens with zero attached hydrogens (tertiary/aromatic N) is 1. The van der Waals surface area contributed by atoms with Gasteiger partial charge in [0, 0.05) is 18.0 Å². The first-order chi connectivity index (χ1) is 12.5. The zero-order valence-electron chi connectivity index (χ0n) is 16.5. The predicted molar refractivity (Wildman–Crippen MR) is 110 cm³/mol. The lowest BCUT2D eigenvalue weighted by Crippen LogP contribution is -2.41. The van der Waals surface area contributed by atoms with Crippen LogP contribution in [0.1, 0.15) is 37.6 Å². The summed E-state index contributed by atoms with van der Waals surface area (Å²) in [5.41, 5.74) is 4.40. The molecule has 0 spiro atoms. The Morgan fingerprint density at radius 2 is 1.93 bits per heavy atom. The highest BCUT2D eigenvalue weighted by atomic mass is 28.3. The molecule has 0 aliphatic rings. The molecule has 0 aliphatic heterocycles. The van der Waals surface area contributed by atoms with Gasteiger partial charge >= 0.3 is 5.97 Å². The molecule has 0 saturated heterocycles. The topological polar surface area (TPSA) is 79.3 Å². The molecule has 2 N–H and O–H groups in total. The number of amides is 1. The van der Waals surface area contributed by atoms with Gasteiger partial charge in [0.2, 0.25) is 0 Å². The van der Waals surface area contributed by atoms with E-state index in [0.717, 1.165) is 10.9 Å². The van der Waals surface area contributed by atoms with Crippen LogP contribution in [0.4, 0.5) is 0 Å². The van der Waals surface area contributed by atoms with Crippen molar-refractivity contribution in [3.8, 4) is 11.5 Å². The van der Waals surface area contributed by atoms with Crippen LogP contribution in [0.15, 0.2) is 36.5 Å². The number of hydrogen-bond donors (Lipinski definition) is 2. The van der Waals surface area contributed by atoms with E-state index in [4.69, 9.17) is 0 Å². The molecule has 27 heavy (non-hydrogen) atoms. The van der Waals surface area contributed by atoms with Crippen molar-refractivity contribution >= 4 is 30.9 Å². The summed E-state index contributed by atoms with van der Waals surface area (Å²) < 4.78 is 0. The Bertz CT molecular complexity index is 920. The first kappa shape index (κ1) is 20.7. The van der Waals surface area contributed by atoms with Crippen molar-refractivity contribution in [3.05, 3.63) is 42.1 Å². The van der Waals surface area contributed by atoms with Crippen molar-refractivity contribution in [1.29, 1.82) is 0 Å². The van der Waals surface area contributed by atoms with E-state index < -0.39 is 26.0 Å². The molecule has 1 heterocycles. The van der Waals surface area contributed by atoms with E-state index in [9.17, 15) is 14.7 Å². The van der Waals surface area contributed by atoms with E-state index in [0.29, 0.717) is 5.56 Å². The Balaban J connectivity index is 2.13. The van der Waals surface area contributed by atoms with Gasteiger partial charge in [-0.25, -0.2) is 4.79 Å². The Morgan fingerprint density at radius 1 is 1.26 bits per heavy atom. The lowest BCUT2D eigenvalue weighted by Gasteiger charge is -2.31. The number of para-hydroxylation sites is 1. The van der Waals surface area contributed by atoms with Crippen molar-refractivity contribution in [3.63, 3.8) is 0 Å². The van der Waals surface area contributed by atoms with Gasteiger partial charge in [0.15, 0.2) is 0 Å². The molecule has 0 fully saturated rings. The van der Waals surface area contributed by atoms with E-state index in [1.165, 1.54) is 6.20 Å². The fourth-order valence-corrected chi connectivity index (χ4v) is 3.12. The zero-order chi connectivity index (χ0) is 20.2. The molecule has 142 valence electrons. The van der Waals surface area contributed by atoms with Gasteiger partial charge in [0.05, 0.1) is 11.1 Å². The van der Waals surface area contributed by atoms with Crippen LogP contribution in [0.2, 0.25) is 18.1 Å². The Kier molecular flexibility index (Phi) is 6.07. The number of carbonyl (C=O) groups is 2. The quantitative estimate of drug-likeness (QED) is 0.622. The van der Waals surface area contributed by atoms with Gasteiger partial charge in [-0.05, 0) is 17.2 Å². The molecule has 1 aromatic heterocycles. The summed E-state index contributed by atoms with van der Waals surface area (Å²) in [5, 5.41) is 12.9. The maximum atomic E-state index is 12.5. The van der Waals surface area contributed by atoms with Gasteiger partial charge in [-0.15, -0.1) is 11.5 Å². The molecule has 0 unspecified atom stereocenters. The average molecular weight is 383 g/mol. The van der Waals surface area contributed by atoms with E-state index in [1.807, 2.05) is 24.3 Å². The van der Waals surface area contributed by atoms with Crippen LogP contribution in [0, 0.1) is 11.5 Å². The van der Waals surface area contributed by atoms with E-state index in [1.54, 1.807) is 6.07 Å². The van der Waals surface area contributed by atoms with Gasteiger partial charge in [0.1, 0.15) is 14.1 Å². The molecule has 1 amide bonds. The number of rotatable bonds is 4. The van der Waals surface area contributed by atoms with Crippen LogP contribution < -0.4 is 5.32 Å². The maximum absolute atomic E-state index is 12.5. The minimum Gasteiger partial charge on any atom is -0.480 e. The molecule has 1 aromatic carbocycles. The first-order valence-electron chi connectivity index (χ1n) is 8.90. The number of pyridine rings is 1. The standard InChI is InChI=1S/C21H26N2O3Si/c1-21(2,3)27(4,5)12-8-11-18(20(25)26)23-19(24)16-13-15-9-6-7-10-17(15)22-14-16/h6-7,9-10,13-14,18H,11H2,1-5H3,(H,23,24)(H,25,26)/t18-/m1/s1. The van der Waals surface area contributed by atoms with Gasteiger partial charge in [-0.1, -0.05) is 52.1 Å². The molecule has 2 rings (SSSR count). The highest BCUT2D eigenvalue weighted by Gasteiger charge is 2.33. The Hall–Kier alpha value is -2.65. The largest absolute Gasteiger partial charge is 0.480 e. The molecule has 2 aromatic rings. The number of hydrogen-bond acceptors (Lipinski definition) is 3. The number of nitrogens with one attached hydrogen (secondary N) is 1. The number of carboxylic acid groups (broad SMARTS) is 1. The minimum absolute atomic E-state index is 0.0780. The average Bonchev–Trinajstić information content (AvgIpc) is 2.59. The van der Waals surface area contributed by atoms with Crippen molar-refractivity contribution in [2.24, 2.45) is 0 Å². The van der Waals surface area contributed by atoms with Gasteiger partial charge in [0.25, 0.3) is 5.91 Å². The van der Waals surface area contributed by atoms with Crippen LogP contribution in [0.3, 0.4) is 0 Å². The van der Waals surface area contributed by atoms with Crippen LogP contribution in [0.25, 0.3) is 10.9 Å². The number of benzene rings is 1. The fourth-order valence-electron chi connectivity index (χ4n) is 2.20. The minimum atomic E-state index is -1.82. The number of aromatic nitrogens is 1. The highest BCUT2D eigenvalue weighted by Crippen LogP contribution is 2.35. The van der Waals surface area contributed by atoms with Crippen LogP contribution in [0.5, 0.6) is 0 Å². The Morgan fingerprint density at radius 3 is 2.56 bits per heavy atom. The molecular weight excluding hydrogens is 356 g/mol. The molecule has 6 heteroatoms. The normalized spacial score (nSPS) is 12.8. The zero-order valence-corrected chi connectivity index (χ0v) is 17.5. The third-order valence-electron chi connectivity index (χ3n) is 5.04. The van der Waals surface area contributed by atoms with Gasteiger partial charge < -0.3 is 10.4 Å². The summed E-state index contributed by atoms with van der Waals surface area (Å²) in [5.74, 6) is 1.44. The third-order valence-corrected chi connectivity index (χ3v) is 9.59. The first-order valence-corrected chi connectivity index (χ1v) is 11.9. The summed E-state index contributed by atoms with van der Waals surface area (Å²) >= 11 is 0. The molecule has 0 radical (unpaired) electrons. The Labute approximate surface area is 161 Å². The monoisotopic (exact) mass is 382 g/mol. The summed E-state index contributed by atoms with van der Waals surface area (Å²) in [6.45, 7) is 10.8. The van der Waals surface area contributed by atoms with E-state index in [-0.39, 0.29) is 11.5 Å². The summed E-state index contributed by atoms with van der Waals surface area (Å²) in [6, 6.07) is 8.10. The van der Waals surface area contributed by atoms with Crippen molar-refractivity contribution in [2.75, 3.05) is 0 Å². The molecule has 5 nitrogen and oxygen atoms in total. The van der Waals surface area contributed by atoms with Crippen LogP contribution in [-0.4, -0.2) is 36.1 Å². The van der Waals surface area contributed by atoms with Gasteiger partial charge in [-0.3, -0.25) is 9.78 Å². The summed E-state index contributed by atoms with van der Waals surface area (Å²) in [7, 11) is -1.82. The fraction of sp³-hybridized carbons (Fsp3) is 0.381. The maximum Gasteiger partial charge on any atom is 0.327 e.